The highest BCUT2D eigenvalue weighted by atomic mass is 16.5. The van der Waals surface area contributed by atoms with Crippen LogP contribution in [0.4, 0.5) is 0 Å². The number of hydrogen-bond donors (Lipinski definition) is 0. The molecule has 0 bridgehead atoms. The molecule has 33 heavy (non-hydrogen) atoms. The lowest BCUT2D eigenvalue weighted by Gasteiger charge is -2.24. The van der Waals surface area contributed by atoms with Gasteiger partial charge in [0.2, 0.25) is 5.91 Å². The summed E-state index contributed by atoms with van der Waals surface area (Å²) in [6.45, 7) is 1.38. The van der Waals surface area contributed by atoms with E-state index in [0.29, 0.717) is 13.0 Å². The van der Waals surface area contributed by atoms with Crippen molar-refractivity contribution < 1.29 is 9.53 Å². The molecule has 0 N–H and O–H groups in total. The SMILES string of the molecule is COc1ccc(Cc2ccc(C3CCCN3C(=O)CCn3ncc4ccccc43)nc2)cc1. The summed E-state index contributed by atoms with van der Waals surface area (Å²) in [5.74, 6) is 1.03. The molecule has 2 aromatic heterocycles. The predicted molar refractivity (Wildman–Crippen MR) is 128 cm³/mol. The van der Waals surface area contributed by atoms with Crippen LogP contribution in [0.2, 0.25) is 0 Å². The van der Waals surface area contributed by atoms with Crippen molar-refractivity contribution in [3.63, 3.8) is 0 Å². The van der Waals surface area contributed by atoms with Gasteiger partial charge in [-0.1, -0.05) is 36.4 Å². The van der Waals surface area contributed by atoms with Crippen LogP contribution in [0.1, 0.15) is 42.1 Å². The first kappa shape index (κ1) is 21.2. The van der Waals surface area contributed by atoms with Crippen LogP contribution in [0.5, 0.6) is 5.75 Å². The molecule has 0 radical (unpaired) electrons. The van der Waals surface area contributed by atoms with Crippen LogP contribution in [0.15, 0.2) is 73.1 Å². The maximum absolute atomic E-state index is 13.1. The Morgan fingerprint density at radius 3 is 2.64 bits per heavy atom. The Morgan fingerprint density at radius 1 is 1.03 bits per heavy atom. The van der Waals surface area contributed by atoms with Gasteiger partial charge in [-0.25, -0.2) is 0 Å². The number of fused-ring (bicyclic) bond motifs is 1. The van der Waals surface area contributed by atoms with E-state index in [-0.39, 0.29) is 11.9 Å². The zero-order valence-electron chi connectivity index (χ0n) is 18.9. The molecule has 0 saturated carbocycles. The monoisotopic (exact) mass is 440 g/mol. The number of carbonyl (C=O) groups is 1. The third-order valence-electron chi connectivity index (χ3n) is 6.42. The number of pyridine rings is 1. The van der Waals surface area contributed by atoms with Crippen molar-refractivity contribution in [2.24, 2.45) is 0 Å². The molecule has 168 valence electrons. The second-order valence-corrected chi connectivity index (χ2v) is 8.54. The third kappa shape index (κ3) is 4.60. The summed E-state index contributed by atoms with van der Waals surface area (Å²) in [4.78, 5) is 19.8. The van der Waals surface area contributed by atoms with E-state index in [1.54, 1.807) is 7.11 Å². The van der Waals surface area contributed by atoms with Gasteiger partial charge >= 0.3 is 0 Å². The zero-order chi connectivity index (χ0) is 22.6. The maximum Gasteiger partial charge on any atom is 0.225 e. The van der Waals surface area contributed by atoms with Crippen LogP contribution in [-0.4, -0.2) is 39.2 Å². The number of rotatable bonds is 7. The Bertz CT molecular complexity index is 1230. The molecule has 1 atom stereocenters. The van der Waals surface area contributed by atoms with Crippen LogP contribution in [0, 0.1) is 0 Å². The number of carbonyl (C=O) groups excluding carboxylic acids is 1. The highest BCUT2D eigenvalue weighted by molar-refractivity contribution is 5.79. The number of benzene rings is 2. The van der Waals surface area contributed by atoms with E-state index >= 15 is 0 Å². The van der Waals surface area contributed by atoms with Gasteiger partial charge in [-0.2, -0.15) is 5.10 Å². The van der Waals surface area contributed by atoms with Crippen LogP contribution in [-0.2, 0) is 17.8 Å². The number of nitrogens with zero attached hydrogens (tertiary/aromatic N) is 4. The van der Waals surface area contributed by atoms with E-state index in [9.17, 15) is 4.79 Å². The number of hydrogen-bond acceptors (Lipinski definition) is 4. The summed E-state index contributed by atoms with van der Waals surface area (Å²) in [6.07, 6.45) is 7.03. The lowest BCUT2D eigenvalue weighted by atomic mass is 10.0. The fourth-order valence-corrected chi connectivity index (χ4v) is 4.64. The summed E-state index contributed by atoms with van der Waals surface area (Å²) in [5, 5.41) is 5.55. The predicted octanol–water partition coefficient (Wildman–Crippen LogP) is 4.78. The van der Waals surface area contributed by atoms with E-state index in [4.69, 9.17) is 9.72 Å². The molecule has 3 heterocycles. The van der Waals surface area contributed by atoms with Crippen molar-refractivity contribution in [1.29, 1.82) is 0 Å². The minimum atomic E-state index is 0.0573. The normalized spacial score (nSPS) is 15.8. The number of amides is 1. The van der Waals surface area contributed by atoms with Gasteiger partial charge in [-0.3, -0.25) is 14.5 Å². The Kier molecular flexibility index (Phi) is 6.07. The molecule has 6 nitrogen and oxygen atoms in total. The van der Waals surface area contributed by atoms with E-state index in [2.05, 4.69) is 29.4 Å². The lowest BCUT2D eigenvalue weighted by molar-refractivity contribution is -0.132. The minimum absolute atomic E-state index is 0.0573. The molecule has 0 spiro atoms. The zero-order valence-corrected chi connectivity index (χ0v) is 18.9. The second-order valence-electron chi connectivity index (χ2n) is 8.54. The number of aryl methyl sites for hydroxylation is 1. The molecule has 1 aliphatic rings. The van der Waals surface area contributed by atoms with Gasteiger partial charge in [-0.05, 0) is 54.7 Å². The summed E-state index contributed by atoms with van der Waals surface area (Å²) in [7, 11) is 1.67. The number of para-hydroxylation sites is 1. The molecule has 1 saturated heterocycles. The van der Waals surface area contributed by atoms with E-state index in [1.807, 2.05) is 58.4 Å². The average Bonchev–Trinajstić information content (AvgIpc) is 3.51. The Hall–Kier alpha value is -3.67. The molecule has 0 aliphatic carbocycles. The van der Waals surface area contributed by atoms with Gasteiger partial charge < -0.3 is 9.64 Å². The average molecular weight is 441 g/mol. The van der Waals surface area contributed by atoms with Crippen LogP contribution in [0.3, 0.4) is 0 Å². The van der Waals surface area contributed by atoms with Crippen molar-refractivity contribution in [3.05, 3.63) is 89.9 Å². The van der Waals surface area contributed by atoms with Crippen molar-refractivity contribution in [1.82, 2.24) is 19.7 Å². The van der Waals surface area contributed by atoms with E-state index < -0.39 is 0 Å². The maximum atomic E-state index is 13.1. The van der Waals surface area contributed by atoms with Crippen molar-refractivity contribution in [3.8, 4) is 5.75 Å². The number of aromatic nitrogens is 3. The number of ether oxygens (including phenoxy) is 1. The van der Waals surface area contributed by atoms with E-state index in [1.165, 1.54) is 5.56 Å². The molecule has 1 aliphatic heterocycles. The van der Waals surface area contributed by atoms with Crippen molar-refractivity contribution in [2.75, 3.05) is 13.7 Å². The number of methoxy groups -OCH3 is 1. The second kappa shape index (κ2) is 9.45. The largest absolute Gasteiger partial charge is 0.497 e. The van der Waals surface area contributed by atoms with Gasteiger partial charge in [0.05, 0.1) is 37.1 Å². The minimum Gasteiger partial charge on any atom is -0.497 e. The molecule has 4 aromatic rings. The Morgan fingerprint density at radius 2 is 1.85 bits per heavy atom. The smallest absolute Gasteiger partial charge is 0.225 e. The van der Waals surface area contributed by atoms with Gasteiger partial charge in [0.1, 0.15) is 5.75 Å². The Labute approximate surface area is 193 Å². The first-order valence-electron chi connectivity index (χ1n) is 11.5. The molecule has 1 unspecified atom stereocenters. The highest BCUT2D eigenvalue weighted by Crippen LogP contribution is 2.31. The van der Waals surface area contributed by atoms with Crippen LogP contribution in [0.25, 0.3) is 10.9 Å². The fraction of sp³-hybridized carbons (Fsp3) is 0.296. The molecule has 6 heteroatoms. The van der Waals surface area contributed by atoms with Gasteiger partial charge in [0.15, 0.2) is 0 Å². The van der Waals surface area contributed by atoms with E-state index in [0.717, 1.165) is 53.7 Å². The fourth-order valence-electron chi connectivity index (χ4n) is 4.64. The number of likely N-dealkylation sites (tertiary alicyclic amines) is 1. The summed E-state index contributed by atoms with van der Waals surface area (Å²) in [5.41, 5.74) is 4.42. The quantitative estimate of drug-likeness (QED) is 0.415. The first-order valence-corrected chi connectivity index (χ1v) is 11.5. The van der Waals surface area contributed by atoms with Gasteiger partial charge in [-0.15, -0.1) is 0 Å². The highest BCUT2D eigenvalue weighted by Gasteiger charge is 2.30. The molecular formula is C27H28N4O2. The van der Waals surface area contributed by atoms with Gasteiger partial charge in [0, 0.05) is 24.5 Å². The molecule has 1 amide bonds. The molecule has 5 rings (SSSR count). The molecular weight excluding hydrogens is 412 g/mol. The first-order chi connectivity index (χ1) is 16.2. The summed E-state index contributed by atoms with van der Waals surface area (Å²) < 4.78 is 7.15. The van der Waals surface area contributed by atoms with Gasteiger partial charge in [0.25, 0.3) is 0 Å². The molecule has 1 fully saturated rings. The standard InChI is InChI=1S/C27H28N4O2/c1-33-23-11-8-20(9-12-23)17-21-10-13-24(28-18-21)26-7-4-15-30(26)27(32)14-16-31-25-6-3-2-5-22(25)19-29-31/h2-3,5-6,8-13,18-19,26H,4,7,14-17H2,1H3. The summed E-state index contributed by atoms with van der Waals surface area (Å²) in [6, 6.07) is 20.5. The van der Waals surface area contributed by atoms with Crippen LogP contribution < -0.4 is 4.74 Å². The molecule has 2 aromatic carbocycles. The summed E-state index contributed by atoms with van der Waals surface area (Å²) >= 11 is 0. The van der Waals surface area contributed by atoms with Crippen LogP contribution >= 0.6 is 0 Å². The topological polar surface area (TPSA) is 60.2 Å². The Balaban J connectivity index is 1.22. The third-order valence-corrected chi connectivity index (χ3v) is 6.42. The van der Waals surface area contributed by atoms with Crippen molar-refractivity contribution in [2.45, 2.75) is 38.3 Å². The van der Waals surface area contributed by atoms with Crippen molar-refractivity contribution >= 4 is 16.8 Å². The lowest BCUT2D eigenvalue weighted by Crippen LogP contribution is -2.31.